The van der Waals surface area contributed by atoms with Gasteiger partial charge < -0.3 is 22.0 Å². The van der Waals surface area contributed by atoms with Crippen LogP contribution in [-0.4, -0.2) is 10.8 Å². The molecule has 0 aliphatic heterocycles. The van der Waals surface area contributed by atoms with Gasteiger partial charge in [0, 0.05) is 11.6 Å². The van der Waals surface area contributed by atoms with E-state index in [1.54, 1.807) is 6.26 Å². The summed E-state index contributed by atoms with van der Waals surface area (Å²) in [6, 6.07) is 8.91. The molecule has 6 heteroatoms. The molecule has 0 saturated heterocycles. The molecule has 0 spiro atoms. The smallest absolute Gasteiger partial charge is 0.244 e. The first-order chi connectivity index (χ1) is 13.2. The van der Waals surface area contributed by atoms with Gasteiger partial charge in [-0.25, -0.2) is 0 Å². The number of pyridine rings is 1. The number of thiophene rings is 1. The van der Waals surface area contributed by atoms with Crippen LogP contribution >= 0.6 is 11.3 Å². The second-order valence-corrected chi connectivity index (χ2v) is 7.99. The van der Waals surface area contributed by atoms with Crippen LogP contribution in [0.1, 0.15) is 45.4 Å². The van der Waals surface area contributed by atoms with Crippen molar-refractivity contribution in [2.75, 3.05) is 0 Å². The first kappa shape index (κ1) is 18.1. The largest absolute Gasteiger partial charge is 0.758 e. The fraction of sp³-hybridized carbons (Fsp3) is 0.286. The number of rotatable bonds is 6. The Bertz CT molecular complexity index is 947. The molecule has 3 heterocycles. The molecule has 1 aliphatic rings. The first-order valence-corrected chi connectivity index (χ1v) is 10.3. The Morgan fingerprint density at radius 3 is 2.81 bits per heavy atom. The van der Waals surface area contributed by atoms with Crippen LogP contribution in [0.4, 0.5) is 0 Å². The lowest BCUT2D eigenvalue weighted by Crippen LogP contribution is -2.48. The number of carbonyl (C=O) groups is 1. The van der Waals surface area contributed by atoms with Gasteiger partial charge >= 0.3 is 0 Å². The molecule has 3 aromatic heterocycles. The van der Waals surface area contributed by atoms with Crippen LogP contribution in [0.15, 0.2) is 63.8 Å². The zero-order chi connectivity index (χ0) is 18.6. The Hall–Kier alpha value is -2.31. The van der Waals surface area contributed by atoms with Crippen LogP contribution in [0, 0.1) is 0 Å². The summed E-state index contributed by atoms with van der Waals surface area (Å²) < 4.78 is 7.26. The molecular weight excluding hydrogens is 376 g/mol. The molecule has 0 fully saturated rings. The number of aryl methyl sites for hydroxylation is 2. The van der Waals surface area contributed by atoms with Gasteiger partial charge in [0.15, 0.2) is 12.4 Å². The maximum absolute atomic E-state index is 13.2. The Balaban J connectivity index is 1.69. The van der Waals surface area contributed by atoms with Crippen molar-refractivity contribution in [3.63, 3.8) is 0 Å². The minimum absolute atomic E-state index is 0.0149. The van der Waals surface area contributed by atoms with Crippen LogP contribution in [0.2, 0.25) is 0 Å². The first-order valence-electron chi connectivity index (χ1n) is 9.06. The van der Waals surface area contributed by atoms with Crippen LogP contribution < -0.4 is 4.57 Å². The number of hydrogen-bond donors (Lipinski definition) is 0. The van der Waals surface area contributed by atoms with Gasteiger partial charge in [-0.15, -0.1) is 11.3 Å². The third-order valence-electron chi connectivity index (χ3n) is 4.82. The quantitative estimate of drug-likeness (QED) is 0.207. The fourth-order valence-electron chi connectivity index (χ4n) is 3.42. The molecule has 4 rings (SSSR count). The summed E-state index contributed by atoms with van der Waals surface area (Å²) in [5, 5.41) is 2.29. The number of ketones is 1. The molecule has 0 amide bonds. The van der Waals surface area contributed by atoms with Gasteiger partial charge in [-0.1, -0.05) is 6.07 Å². The van der Waals surface area contributed by atoms with Gasteiger partial charge in [-0.3, -0.25) is 4.79 Å². The number of Topliss-reactive ketones (excluding diaryl/α,β-unsaturated/α-hetero) is 1. The lowest BCUT2D eigenvalue weighted by Gasteiger charge is -2.20. The van der Waals surface area contributed by atoms with Crippen molar-refractivity contribution in [2.24, 2.45) is 4.99 Å². The zero-order valence-corrected chi connectivity index (χ0v) is 16.5. The van der Waals surface area contributed by atoms with Crippen LogP contribution in [0.25, 0.3) is 0 Å². The number of aliphatic imine (C=N–C) groups is 1. The predicted octanol–water partition coefficient (Wildman–Crippen LogP) is 4.08. The van der Waals surface area contributed by atoms with E-state index < -0.39 is 6.04 Å². The number of hydrogen-bond acceptors (Lipinski definition) is 5. The molecule has 1 aliphatic carbocycles. The maximum Gasteiger partial charge on any atom is 0.244 e. The van der Waals surface area contributed by atoms with Gasteiger partial charge in [0.25, 0.3) is 0 Å². The SMILES string of the molecule is O=C(c1cccs1)C(C([S-])=NCc1ccco1)[n+]1ccc2c(c1)CCCC2. The molecule has 4 nitrogen and oxygen atoms in total. The molecule has 0 radical (unpaired) electrons. The highest BCUT2D eigenvalue weighted by Gasteiger charge is 2.30. The van der Waals surface area contributed by atoms with Crippen molar-refractivity contribution >= 4 is 34.8 Å². The van der Waals surface area contributed by atoms with E-state index in [9.17, 15) is 4.79 Å². The Morgan fingerprint density at radius 2 is 2.07 bits per heavy atom. The monoisotopic (exact) mass is 396 g/mol. The summed E-state index contributed by atoms with van der Waals surface area (Å²) in [6.07, 6.45) is 10.2. The van der Waals surface area contributed by atoms with E-state index in [0.717, 1.165) is 18.6 Å². The fourth-order valence-corrected chi connectivity index (χ4v) is 4.40. The van der Waals surface area contributed by atoms with E-state index >= 15 is 0 Å². The van der Waals surface area contributed by atoms with Crippen molar-refractivity contribution < 1.29 is 13.8 Å². The van der Waals surface area contributed by atoms with E-state index in [-0.39, 0.29) is 5.78 Å². The van der Waals surface area contributed by atoms with Gasteiger partial charge in [0.1, 0.15) is 5.76 Å². The normalized spacial score (nSPS) is 15.3. The van der Waals surface area contributed by atoms with Crippen molar-refractivity contribution in [3.05, 3.63) is 76.1 Å². The van der Waals surface area contributed by atoms with E-state index in [1.807, 2.05) is 40.4 Å². The maximum atomic E-state index is 13.2. The summed E-state index contributed by atoms with van der Waals surface area (Å²) in [5.41, 5.74) is 2.68. The second kappa shape index (κ2) is 8.15. The third kappa shape index (κ3) is 4.01. The minimum Gasteiger partial charge on any atom is -0.758 e. The summed E-state index contributed by atoms with van der Waals surface area (Å²) in [5.74, 6) is 0.717. The standard InChI is InChI=1S/C21H20N2O2S2/c24-20(18-8-4-12-27-18)19(21(26)22-13-17-7-3-11-25-17)23-10-9-15-5-1-2-6-16(15)14-23/h3-4,7-12,14,19H,1-2,5-6,13H2. The summed E-state index contributed by atoms with van der Waals surface area (Å²) in [6.45, 7) is 0.339. The molecule has 3 aromatic rings. The number of nitrogens with zero attached hydrogens (tertiary/aromatic N) is 2. The highest BCUT2D eigenvalue weighted by atomic mass is 32.1. The van der Waals surface area contributed by atoms with Gasteiger partial charge in [-0.2, -0.15) is 4.57 Å². The van der Waals surface area contributed by atoms with Crippen molar-refractivity contribution in [1.82, 2.24) is 0 Å². The molecule has 138 valence electrons. The molecule has 27 heavy (non-hydrogen) atoms. The van der Waals surface area contributed by atoms with Crippen LogP contribution in [0.3, 0.4) is 0 Å². The Kier molecular flexibility index (Phi) is 5.45. The van der Waals surface area contributed by atoms with Crippen molar-refractivity contribution in [1.29, 1.82) is 0 Å². The number of aromatic nitrogens is 1. The van der Waals surface area contributed by atoms with Crippen molar-refractivity contribution in [2.45, 2.75) is 38.3 Å². The molecule has 0 N–H and O–H groups in total. The predicted molar refractivity (Wildman–Crippen MR) is 108 cm³/mol. The highest BCUT2D eigenvalue weighted by molar-refractivity contribution is 7.77. The van der Waals surface area contributed by atoms with Crippen LogP contribution in [-0.2, 0) is 32.0 Å². The summed E-state index contributed by atoms with van der Waals surface area (Å²) >= 11 is 7.02. The third-order valence-corrected chi connectivity index (χ3v) is 6.06. The molecule has 1 atom stereocenters. The highest BCUT2D eigenvalue weighted by Crippen LogP contribution is 2.21. The number of fused-ring (bicyclic) bond motifs is 1. The Morgan fingerprint density at radius 1 is 1.22 bits per heavy atom. The average molecular weight is 397 g/mol. The van der Waals surface area contributed by atoms with Crippen LogP contribution in [0.5, 0.6) is 0 Å². The molecule has 0 bridgehead atoms. The van der Waals surface area contributed by atoms with E-state index in [2.05, 4.69) is 17.3 Å². The lowest BCUT2D eigenvalue weighted by molar-refractivity contribution is -0.692. The topological polar surface area (TPSA) is 46.5 Å². The average Bonchev–Trinajstić information content (AvgIpc) is 3.40. The minimum atomic E-state index is -0.610. The molecule has 1 unspecified atom stereocenters. The van der Waals surface area contributed by atoms with Gasteiger partial charge in [0.2, 0.25) is 11.8 Å². The summed E-state index contributed by atoms with van der Waals surface area (Å²) in [7, 11) is 0. The van der Waals surface area contributed by atoms with E-state index in [0.29, 0.717) is 16.5 Å². The molecular formula is C21H20N2O2S2. The molecule has 0 aromatic carbocycles. The Labute approximate surface area is 168 Å². The summed E-state index contributed by atoms with van der Waals surface area (Å²) in [4.78, 5) is 18.4. The van der Waals surface area contributed by atoms with E-state index in [1.165, 1.54) is 35.3 Å². The molecule has 0 saturated carbocycles. The van der Waals surface area contributed by atoms with E-state index in [4.69, 9.17) is 17.0 Å². The number of furan rings is 1. The number of carbonyl (C=O) groups excluding carboxylic acids is 1. The lowest BCUT2D eigenvalue weighted by atomic mass is 9.93. The van der Waals surface area contributed by atoms with Gasteiger partial charge in [0.05, 0.1) is 17.7 Å². The second-order valence-electron chi connectivity index (χ2n) is 6.63. The zero-order valence-electron chi connectivity index (χ0n) is 14.8. The van der Waals surface area contributed by atoms with Gasteiger partial charge in [-0.05, 0) is 59.9 Å². The van der Waals surface area contributed by atoms with Crippen molar-refractivity contribution in [3.8, 4) is 0 Å².